The Labute approximate surface area is 77.1 Å². The molecule has 0 aliphatic rings. The fraction of sp³-hybridized carbons (Fsp3) is 0.500. The van der Waals surface area contributed by atoms with Crippen molar-refractivity contribution in [2.24, 2.45) is 4.99 Å². The van der Waals surface area contributed by atoms with Crippen molar-refractivity contribution < 1.29 is 0 Å². The van der Waals surface area contributed by atoms with Crippen LogP contribution in [0.4, 0.5) is 5.82 Å². The molecule has 0 aromatic carbocycles. The van der Waals surface area contributed by atoms with Crippen LogP contribution in [0.15, 0.2) is 11.1 Å². The van der Waals surface area contributed by atoms with Crippen molar-refractivity contribution in [2.75, 3.05) is 0 Å². The van der Waals surface area contributed by atoms with Gasteiger partial charge in [-0.25, -0.2) is 0 Å². The van der Waals surface area contributed by atoms with E-state index < -0.39 is 0 Å². The van der Waals surface area contributed by atoms with Crippen LogP contribution in [0.2, 0.25) is 0 Å². The molecular weight excluding hydrogens is 170 g/mol. The third kappa shape index (κ3) is 1.78. The molecule has 4 heteroatoms. The molecule has 12 heavy (non-hydrogen) atoms. The lowest BCUT2D eigenvalue weighted by Crippen LogP contribution is -2.03. The molecule has 0 saturated carbocycles. The fourth-order valence-electron chi connectivity index (χ4n) is 1.10. The second kappa shape index (κ2) is 3.61. The minimum Gasteiger partial charge on any atom is -0.265 e. The van der Waals surface area contributed by atoms with E-state index >= 15 is 0 Å². The summed E-state index contributed by atoms with van der Waals surface area (Å²) < 4.78 is 1.91. The molecule has 0 aliphatic carbocycles. The van der Waals surface area contributed by atoms with E-state index in [1.165, 1.54) is 0 Å². The Morgan fingerprint density at radius 3 is 2.75 bits per heavy atom. The van der Waals surface area contributed by atoms with Gasteiger partial charge in [0, 0.05) is 17.8 Å². The molecule has 1 aromatic rings. The number of hydrogen-bond donors (Lipinski definition) is 0. The van der Waals surface area contributed by atoms with E-state index in [0.717, 1.165) is 5.69 Å². The first kappa shape index (κ1) is 9.10. The molecule has 0 saturated heterocycles. The second-order valence-corrected chi connectivity index (χ2v) is 3.07. The summed E-state index contributed by atoms with van der Waals surface area (Å²) in [6, 6.07) is 2.25. The predicted molar refractivity (Wildman–Crippen MR) is 52.0 cm³/mol. The number of rotatable bonds is 2. The molecule has 1 rings (SSSR count). The first-order valence-corrected chi connectivity index (χ1v) is 4.20. The van der Waals surface area contributed by atoms with E-state index in [4.69, 9.17) is 0 Å². The number of isothiocyanates is 1. The molecular formula is C8H11N3S. The summed E-state index contributed by atoms with van der Waals surface area (Å²) in [6.07, 6.45) is 0. The van der Waals surface area contributed by atoms with Crippen molar-refractivity contribution in [1.29, 1.82) is 0 Å². The van der Waals surface area contributed by atoms with Gasteiger partial charge in [0.2, 0.25) is 0 Å². The molecule has 0 N–H and O–H groups in total. The van der Waals surface area contributed by atoms with Crippen LogP contribution in [-0.2, 0) is 0 Å². The van der Waals surface area contributed by atoms with E-state index in [1.807, 2.05) is 17.7 Å². The van der Waals surface area contributed by atoms with Crippen LogP contribution in [0.5, 0.6) is 0 Å². The minimum absolute atomic E-state index is 0.360. The number of aryl methyl sites for hydroxylation is 1. The highest BCUT2D eigenvalue weighted by Gasteiger charge is 2.04. The van der Waals surface area contributed by atoms with Gasteiger partial charge in [0.1, 0.15) is 0 Å². The SMILES string of the molecule is Cc1cc(N=C=S)nn1C(C)C. The van der Waals surface area contributed by atoms with Crippen LogP contribution >= 0.6 is 12.2 Å². The molecule has 0 bridgehead atoms. The molecule has 1 aromatic heterocycles. The summed E-state index contributed by atoms with van der Waals surface area (Å²) in [4.78, 5) is 3.80. The minimum atomic E-state index is 0.360. The van der Waals surface area contributed by atoms with Gasteiger partial charge in [0.25, 0.3) is 0 Å². The van der Waals surface area contributed by atoms with Gasteiger partial charge >= 0.3 is 0 Å². The molecule has 0 aliphatic heterocycles. The third-order valence-corrected chi connectivity index (χ3v) is 1.65. The van der Waals surface area contributed by atoms with E-state index in [9.17, 15) is 0 Å². The number of nitrogens with zero attached hydrogens (tertiary/aromatic N) is 3. The van der Waals surface area contributed by atoms with Crippen molar-refractivity contribution in [3.8, 4) is 0 Å². The Bertz CT molecular complexity index is 321. The zero-order chi connectivity index (χ0) is 9.14. The van der Waals surface area contributed by atoms with Crippen LogP contribution in [0.1, 0.15) is 25.6 Å². The molecule has 0 radical (unpaired) electrons. The van der Waals surface area contributed by atoms with Crippen molar-refractivity contribution in [2.45, 2.75) is 26.8 Å². The Balaban J connectivity index is 3.08. The largest absolute Gasteiger partial charge is 0.265 e. The van der Waals surface area contributed by atoms with Gasteiger partial charge in [-0.1, -0.05) is 0 Å². The summed E-state index contributed by atoms with van der Waals surface area (Å²) in [5.74, 6) is 0.635. The zero-order valence-corrected chi connectivity index (χ0v) is 8.22. The van der Waals surface area contributed by atoms with Crippen molar-refractivity contribution in [1.82, 2.24) is 9.78 Å². The van der Waals surface area contributed by atoms with E-state index in [-0.39, 0.29) is 0 Å². The molecule has 3 nitrogen and oxygen atoms in total. The molecule has 0 atom stereocenters. The van der Waals surface area contributed by atoms with Gasteiger partial charge in [-0.05, 0) is 33.0 Å². The van der Waals surface area contributed by atoms with Gasteiger partial charge in [0.05, 0.1) is 5.16 Å². The Kier molecular flexibility index (Phi) is 2.74. The fourth-order valence-corrected chi connectivity index (χ4v) is 1.19. The molecule has 0 spiro atoms. The monoisotopic (exact) mass is 181 g/mol. The average Bonchev–Trinajstić information content (AvgIpc) is 2.32. The van der Waals surface area contributed by atoms with Crippen molar-refractivity contribution in [3.05, 3.63) is 11.8 Å². The maximum absolute atomic E-state index is 4.49. The highest BCUT2D eigenvalue weighted by Crippen LogP contribution is 2.15. The summed E-state index contributed by atoms with van der Waals surface area (Å²) in [7, 11) is 0. The quantitative estimate of drug-likeness (QED) is 0.518. The molecule has 0 unspecified atom stereocenters. The molecule has 64 valence electrons. The van der Waals surface area contributed by atoms with E-state index in [1.54, 1.807) is 0 Å². The Hall–Kier alpha value is -0.990. The Morgan fingerprint density at radius 1 is 1.67 bits per heavy atom. The molecule has 0 fully saturated rings. The van der Waals surface area contributed by atoms with Crippen molar-refractivity contribution in [3.63, 3.8) is 0 Å². The first-order chi connectivity index (χ1) is 5.65. The number of thiocarbonyl (C=S) groups is 1. The Morgan fingerprint density at radius 2 is 2.33 bits per heavy atom. The van der Waals surface area contributed by atoms with Crippen LogP contribution in [-0.4, -0.2) is 14.9 Å². The second-order valence-electron chi connectivity index (χ2n) is 2.89. The summed E-state index contributed by atoms with van der Waals surface area (Å²) >= 11 is 4.49. The van der Waals surface area contributed by atoms with Crippen LogP contribution in [0.3, 0.4) is 0 Å². The van der Waals surface area contributed by atoms with Gasteiger partial charge in [-0.3, -0.25) is 4.68 Å². The van der Waals surface area contributed by atoms with Gasteiger partial charge < -0.3 is 0 Å². The lowest BCUT2D eigenvalue weighted by molar-refractivity contribution is 0.520. The normalized spacial score (nSPS) is 10.0. The van der Waals surface area contributed by atoms with Gasteiger partial charge in [0.15, 0.2) is 5.82 Å². The standard InChI is InChI=1S/C8H11N3S/c1-6(2)11-7(3)4-8(10-11)9-5-12/h4,6H,1-3H3. The maximum atomic E-state index is 4.49. The first-order valence-electron chi connectivity index (χ1n) is 3.79. The van der Waals surface area contributed by atoms with E-state index in [2.05, 4.69) is 41.3 Å². The summed E-state index contributed by atoms with van der Waals surface area (Å²) in [5, 5.41) is 6.52. The lowest BCUT2D eigenvalue weighted by atomic mass is 10.4. The highest BCUT2D eigenvalue weighted by atomic mass is 32.1. The zero-order valence-electron chi connectivity index (χ0n) is 7.40. The number of hydrogen-bond acceptors (Lipinski definition) is 3. The van der Waals surface area contributed by atoms with Gasteiger partial charge in [-0.15, -0.1) is 0 Å². The average molecular weight is 181 g/mol. The predicted octanol–water partition coefficient (Wildman–Crippen LogP) is 2.51. The number of aliphatic imine (C=N–C) groups is 1. The smallest absolute Gasteiger partial charge is 0.184 e. The lowest BCUT2D eigenvalue weighted by Gasteiger charge is -2.06. The van der Waals surface area contributed by atoms with E-state index in [0.29, 0.717) is 11.9 Å². The summed E-state index contributed by atoms with van der Waals surface area (Å²) in [6.45, 7) is 6.14. The van der Waals surface area contributed by atoms with Crippen LogP contribution < -0.4 is 0 Å². The van der Waals surface area contributed by atoms with Crippen LogP contribution in [0.25, 0.3) is 0 Å². The van der Waals surface area contributed by atoms with Gasteiger partial charge in [-0.2, -0.15) is 10.1 Å². The van der Waals surface area contributed by atoms with Crippen molar-refractivity contribution >= 4 is 23.2 Å². The molecule has 1 heterocycles. The third-order valence-electron chi connectivity index (χ3n) is 1.56. The van der Waals surface area contributed by atoms with Crippen LogP contribution in [0, 0.1) is 6.92 Å². The molecule has 0 amide bonds. The topological polar surface area (TPSA) is 30.2 Å². The highest BCUT2D eigenvalue weighted by molar-refractivity contribution is 7.78. The number of aromatic nitrogens is 2. The maximum Gasteiger partial charge on any atom is 0.184 e. The summed E-state index contributed by atoms with van der Waals surface area (Å²) in [5.41, 5.74) is 1.09.